The van der Waals surface area contributed by atoms with Gasteiger partial charge in [0.2, 0.25) is 5.91 Å². The summed E-state index contributed by atoms with van der Waals surface area (Å²) in [4.78, 5) is 25.9. The highest BCUT2D eigenvalue weighted by Crippen LogP contribution is 2.29. The Morgan fingerprint density at radius 3 is 2.58 bits per heavy atom. The molecule has 0 saturated carbocycles. The molecule has 0 aliphatic carbocycles. The van der Waals surface area contributed by atoms with E-state index >= 15 is 0 Å². The standard InChI is InChI=1S/C14H17NO3S/c1-10(13(16)15-8-9-18-14(15)17)11(2)19-12-6-4-3-5-7-12/h3-7,10-11H,8-9H2,1-2H3/t10-,11-/m1/s1. The van der Waals surface area contributed by atoms with Gasteiger partial charge in [-0.25, -0.2) is 9.69 Å². The summed E-state index contributed by atoms with van der Waals surface area (Å²) in [6.45, 7) is 4.53. The minimum atomic E-state index is -0.520. The summed E-state index contributed by atoms with van der Waals surface area (Å²) in [5.74, 6) is -0.380. The van der Waals surface area contributed by atoms with Crippen LogP contribution in [0.2, 0.25) is 0 Å². The molecule has 1 aliphatic rings. The summed E-state index contributed by atoms with van der Waals surface area (Å²) < 4.78 is 4.79. The fourth-order valence-corrected chi connectivity index (χ4v) is 2.92. The lowest BCUT2D eigenvalue weighted by Gasteiger charge is -2.21. The number of nitrogens with zero attached hydrogens (tertiary/aromatic N) is 1. The lowest BCUT2D eigenvalue weighted by molar-refractivity contribution is -0.131. The molecular weight excluding hydrogens is 262 g/mol. The molecule has 1 aliphatic heterocycles. The van der Waals surface area contributed by atoms with E-state index in [9.17, 15) is 9.59 Å². The molecule has 0 unspecified atom stereocenters. The molecule has 19 heavy (non-hydrogen) atoms. The number of hydrogen-bond donors (Lipinski definition) is 0. The van der Waals surface area contributed by atoms with Crippen LogP contribution >= 0.6 is 11.8 Å². The van der Waals surface area contributed by atoms with Crippen molar-refractivity contribution in [3.63, 3.8) is 0 Å². The maximum atomic E-state index is 12.2. The van der Waals surface area contributed by atoms with Crippen molar-refractivity contribution in [2.24, 2.45) is 5.92 Å². The third kappa shape index (κ3) is 3.29. The fourth-order valence-electron chi connectivity index (χ4n) is 1.86. The van der Waals surface area contributed by atoms with E-state index in [2.05, 4.69) is 0 Å². The minimum absolute atomic E-state index is 0.100. The Kier molecular flexibility index (Phi) is 4.47. The number of cyclic esters (lactones) is 1. The topological polar surface area (TPSA) is 46.6 Å². The van der Waals surface area contributed by atoms with E-state index in [0.717, 1.165) is 4.90 Å². The summed E-state index contributed by atoms with van der Waals surface area (Å²) in [5, 5.41) is 0.100. The molecule has 102 valence electrons. The molecule has 1 heterocycles. The molecule has 2 atom stereocenters. The van der Waals surface area contributed by atoms with Gasteiger partial charge < -0.3 is 4.74 Å². The third-order valence-corrected chi connectivity index (χ3v) is 4.51. The van der Waals surface area contributed by atoms with Gasteiger partial charge in [-0.1, -0.05) is 32.0 Å². The van der Waals surface area contributed by atoms with E-state index in [-0.39, 0.29) is 17.1 Å². The molecule has 0 radical (unpaired) electrons. The van der Waals surface area contributed by atoms with Gasteiger partial charge in [0.05, 0.1) is 6.54 Å². The Morgan fingerprint density at radius 1 is 1.32 bits per heavy atom. The summed E-state index contributed by atoms with van der Waals surface area (Å²) in [7, 11) is 0. The number of ether oxygens (including phenoxy) is 1. The van der Waals surface area contributed by atoms with Crippen molar-refractivity contribution >= 4 is 23.8 Å². The van der Waals surface area contributed by atoms with E-state index in [4.69, 9.17) is 4.74 Å². The maximum Gasteiger partial charge on any atom is 0.416 e. The van der Waals surface area contributed by atoms with Crippen molar-refractivity contribution in [2.45, 2.75) is 24.0 Å². The molecule has 2 rings (SSSR count). The molecule has 2 amide bonds. The van der Waals surface area contributed by atoms with Crippen LogP contribution in [0.1, 0.15) is 13.8 Å². The predicted octanol–water partition coefficient (Wildman–Crippen LogP) is 2.78. The number of carbonyl (C=O) groups excluding carboxylic acids is 2. The molecular formula is C14H17NO3S. The smallest absolute Gasteiger partial charge is 0.416 e. The second-order valence-electron chi connectivity index (χ2n) is 4.53. The van der Waals surface area contributed by atoms with Gasteiger partial charge in [-0.05, 0) is 12.1 Å². The Balaban J connectivity index is 1.97. The van der Waals surface area contributed by atoms with Gasteiger partial charge in [0.15, 0.2) is 0 Å². The lowest BCUT2D eigenvalue weighted by Crippen LogP contribution is -2.38. The first kappa shape index (κ1) is 13.9. The van der Waals surface area contributed by atoms with Gasteiger partial charge in [0.25, 0.3) is 0 Å². The predicted molar refractivity (Wildman–Crippen MR) is 74.0 cm³/mol. The largest absolute Gasteiger partial charge is 0.447 e. The lowest BCUT2D eigenvalue weighted by atomic mass is 10.1. The Hall–Kier alpha value is -1.49. The summed E-state index contributed by atoms with van der Waals surface area (Å²) in [5.41, 5.74) is 0. The monoisotopic (exact) mass is 279 g/mol. The van der Waals surface area contributed by atoms with Gasteiger partial charge in [-0.3, -0.25) is 4.79 Å². The van der Waals surface area contributed by atoms with Crippen LogP contribution in [-0.4, -0.2) is 35.3 Å². The van der Waals surface area contributed by atoms with Crippen LogP contribution in [0.5, 0.6) is 0 Å². The van der Waals surface area contributed by atoms with Gasteiger partial charge in [0, 0.05) is 16.1 Å². The van der Waals surface area contributed by atoms with Crippen molar-refractivity contribution in [3.8, 4) is 0 Å². The number of benzene rings is 1. The molecule has 5 heteroatoms. The van der Waals surface area contributed by atoms with Gasteiger partial charge in [-0.15, -0.1) is 11.8 Å². The van der Waals surface area contributed by atoms with Gasteiger partial charge in [-0.2, -0.15) is 0 Å². The molecule has 4 nitrogen and oxygen atoms in total. The van der Waals surface area contributed by atoms with Crippen LogP contribution in [0, 0.1) is 5.92 Å². The van der Waals surface area contributed by atoms with E-state index in [0.29, 0.717) is 13.2 Å². The Labute approximate surface area is 117 Å². The Bertz CT molecular complexity index is 463. The summed E-state index contributed by atoms with van der Waals surface area (Å²) in [6.07, 6.45) is -0.520. The summed E-state index contributed by atoms with van der Waals surface area (Å²) >= 11 is 1.64. The average molecular weight is 279 g/mol. The number of hydrogen-bond acceptors (Lipinski definition) is 4. The van der Waals surface area contributed by atoms with Crippen molar-refractivity contribution < 1.29 is 14.3 Å². The molecule has 1 saturated heterocycles. The van der Waals surface area contributed by atoms with Crippen LogP contribution in [0.15, 0.2) is 35.2 Å². The van der Waals surface area contributed by atoms with Crippen molar-refractivity contribution in [2.75, 3.05) is 13.2 Å². The quantitative estimate of drug-likeness (QED) is 0.795. The number of imide groups is 1. The molecule has 1 fully saturated rings. The van der Waals surface area contributed by atoms with Crippen molar-refractivity contribution in [3.05, 3.63) is 30.3 Å². The van der Waals surface area contributed by atoms with E-state index in [1.165, 1.54) is 4.90 Å². The van der Waals surface area contributed by atoms with Crippen molar-refractivity contribution in [1.82, 2.24) is 4.90 Å². The molecule has 1 aromatic rings. The minimum Gasteiger partial charge on any atom is -0.447 e. The summed E-state index contributed by atoms with van der Waals surface area (Å²) in [6, 6.07) is 9.94. The van der Waals surface area contributed by atoms with E-state index < -0.39 is 6.09 Å². The molecule has 0 N–H and O–H groups in total. The zero-order chi connectivity index (χ0) is 13.8. The normalized spacial score (nSPS) is 18.0. The van der Waals surface area contributed by atoms with Crippen molar-refractivity contribution in [1.29, 1.82) is 0 Å². The molecule has 0 aromatic heterocycles. The highest BCUT2D eigenvalue weighted by molar-refractivity contribution is 8.00. The number of rotatable bonds is 4. The SMILES string of the molecule is C[C@@H](Sc1ccccc1)[C@@H](C)C(=O)N1CCOC1=O. The Morgan fingerprint density at radius 2 is 2.00 bits per heavy atom. The first-order valence-corrected chi connectivity index (χ1v) is 7.17. The van der Waals surface area contributed by atoms with E-state index in [1.54, 1.807) is 11.8 Å². The molecule has 0 spiro atoms. The second kappa shape index (κ2) is 6.10. The van der Waals surface area contributed by atoms with Crippen LogP contribution in [0.4, 0.5) is 4.79 Å². The highest BCUT2D eigenvalue weighted by Gasteiger charge is 2.33. The average Bonchev–Trinajstić information content (AvgIpc) is 2.84. The number of amides is 2. The number of carbonyl (C=O) groups is 2. The molecule has 1 aromatic carbocycles. The van der Waals surface area contributed by atoms with Gasteiger partial charge >= 0.3 is 6.09 Å². The van der Waals surface area contributed by atoms with Crippen LogP contribution in [0.25, 0.3) is 0 Å². The fraction of sp³-hybridized carbons (Fsp3) is 0.429. The zero-order valence-electron chi connectivity index (χ0n) is 11.0. The molecule has 0 bridgehead atoms. The zero-order valence-corrected chi connectivity index (χ0v) is 11.9. The third-order valence-electron chi connectivity index (χ3n) is 3.19. The second-order valence-corrected chi connectivity index (χ2v) is 5.98. The first-order chi connectivity index (χ1) is 9.09. The first-order valence-electron chi connectivity index (χ1n) is 6.29. The van der Waals surface area contributed by atoms with Crippen LogP contribution in [0.3, 0.4) is 0 Å². The van der Waals surface area contributed by atoms with Crippen LogP contribution < -0.4 is 0 Å². The van der Waals surface area contributed by atoms with Crippen LogP contribution in [-0.2, 0) is 9.53 Å². The maximum absolute atomic E-state index is 12.2. The number of thioether (sulfide) groups is 1. The van der Waals surface area contributed by atoms with E-state index in [1.807, 2.05) is 44.2 Å². The highest BCUT2D eigenvalue weighted by atomic mass is 32.2. The van der Waals surface area contributed by atoms with Gasteiger partial charge in [0.1, 0.15) is 6.61 Å².